The molecule has 0 bridgehead atoms. The number of aromatic nitrogens is 2. The second-order valence-electron chi connectivity index (χ2n) is 6.42. The van der Waals surface area contributed by atoms with Gasteiger partial charge in [0.05, 0.1) is 26.5 Å². The van der Waals surface area contributed by atoms with Crippen LogP contribution in [0.25, 0.3) is 16.9 Å². The highest BCUT2D eigenvalue weighted by atomic mass is 19.1. The Bertz CT molecular complexity index is 1090. The number of hydrogen-bond donors (Lipinski definition) is 0. The molecule has 7 nitrogen and oxygen atoms in total. The number of hydrogen-bond acceptors (Lipinski definition) is 6. The number of benzene rings is 2. The van der Waals surface area contributed by atoms with Crippen molar-refractivity contribution in [3.63, 3.8) is 0 Å². The summed E-state index contributed by atoms with van der Waals surface area (Å²) >= 11 is 0. The molecule has 31 heavy (non-hydrogen) atoms. The van der Waals surface area contributed by atoms with Crippen molar-refractivity contribution in [1.82, 2.24) is 9.78 Å². The highest BCUT2D eigenvalue weighted by Crippen LogP contribution is 2.33. The summed E-state index contributed by atoms with van der Waals surface area (Å²) in [6.07, 6.45) is 0.567. The molecule has 1 heterocycles. The van der Waals surface area contributed by atoms with Crippen LogP contribution in [0.5, 0.6) is 5.75 Å². The molecule has 0 N–H and O–H groups in total. The van der Waals surface area contributed by atoms with Crippen LogP contribution >= 0.6 is 0 Å². The maximum atomic E-state index is 14.6. The van der Waals surface area contributed by atoms with Gasteiger partial charge < -0.3 is 14.2 Å². The number of halogens is 2. The molecule has 3 aromatic rings. The number of esters is 2. The van der Waals surface area contributed by atoms with Gasteiger partial charge in [-0.3, -0.25) is 0 Å². The summed E-state index contributed by atoms with van der Waals surface area (Å²) < 4.78 is 45.1. The van der Waals surface area contributed by atoms with Gasteiger partial charge in [0.1, 0.15) is 11.3 Å². The minimum Gasteiger partial charge on any atom is -0.488 e. The summed E-state index contributed by atoms with van der Waals surface area (Å²) in [5, 5.41) is 4.30. The Morgan fingerprint density at radius 3 is 2.16 bits per heavy atom. The van der Waals surface area contributed by atoms with Crippen molar-refractivity contribution in [2.45, 2.75) is 13.3 Å². The highest BCUT2D eigenvalue weighted by Gasteiger charge is 2.32. The predicted octanol–water partition coefficient (Wildman–Crippen LogP) is 4.18. The molecule has 0 saturated carbocycles. The van der Waals surface area contributed by atoms with Crippen molar-refractivity contribution < 1.29 is 32.6 Å². The average molecular weight is 430 g/mol. The summed E-state index contributed by atoms with van der Waals surface area (Å²) in [6, 6.07) is 10.4. The maximum Gasteiger partial charge on any atom is 0.357 e. The molecule has 0 spiro atoms. The van der Waals surface area contributed by atoms with Gasteiger partial charge in [-0.25, -0.2) is 23.1 Å². The van der Waals surface area contributed by atoms with Crippen LogP contribution in [0, 0.1) is 11.6 Å². The lowest BCUT2D eigenvalue weighted by Gasteiger charge is -2.09. The van der Waals surface area contributed by atoms with Gasteiger partial charge in [-0.05, 0) is 30.7 Å². The van der Waals surface area contributed by atoms with Gasteiger partial charge in [0.25, 0.3) is 0 Å². The monoisotopic (exact) mass is 430 g/mol. The summed E-state index contributed by atoms with van der Waals surface area (Å²) in [5.74, 6) is -4.24. The quantitative estimate of drug-likeness (QED) is 0.523. The van der Waals surface area contributed by atoms with Crippen molar-refractivity contribution in [3.8, 4) is 22.7 Å². The first kappa shape index (κ1) is 21.9. The molecule has 0 aliphatic rings. The van der Waals surface area contributed by atoms with E-state index in [1.807, 2.05) is 0 Å². The second-order valence-corrected chi connectivity index (χ2v) is 6.42. The second kappa shape index (κ2) is 9.38. The molecule has 1 aromatic heterocycles. The fourth-order valence-electron chi connectivity index (χ4n) is 3.00. The van der Waals surface area contributed by atoms with E-state index in [9.17, 15) is 18.4 Å². The predicted molar refractivity (Wildman–Crippen MR) is 107 cm³/mol. The van der Waals surface area contributed by atoms with Crippen molar-refractivity contribution >= 4 is 11.9 Å². The van der Waals surface area contributed by atoms with E-state index >= 15 is 0 Å². The molecule has 9 heteroatoms. The fourth-order valence-corrected chi connectivity index (χ4v) is 3.00. The topological polar surface area (TPSA) is 79.7 Å². The summed E-state index contributed by atoms with van der Waals surface area (Å²) in [7, 11) is 2.26. The third-order valence-electron chi connectivity index (χ3n) is 4.38. The molecule has 3 rings (SSSR count). The van der Waals surface area contributed by atoms with Crippen LogP contribution in [0.3, 0.4) is 0 Å². The first-order valence-electron chi connectivity index (χ1n) is 9.40. The van der Waals surface area contributed by atoms with Crippen molar-refractivity contribution in [1.29, 1.82) is 0 Å². The van der Waals surface area contributed by atoms with Crippen LogP contribution in [-0.4, -0.2) is 42.5 Å². The third-order valence-corrected chi connectivity index (χ3v) is 4.38. The van der Waals surface area contributed by atoms with Gasteiger partial charge in [-0.1, -0.05) is 25.1 Å². The Labute approximate surface area is 177 Å². The summed E-state index contributed by atoms with van der Waals surface area (Å²) in [6.45, 7) is 1.94. The molecular formula is C22H20F2N2O5. The number of ether oxygens (including phenoxy) is 3. The minimum atomic E-state index is -0.965. The molecule has 0 unspecified atom stereocenters. The number of carbonyl (C=O) groups is 2. The van der Waals surface area contributed by atoms with Crippen LogP contribution in [0.4, 0.5) is 8.78 Å². The molecule has 0 fully saturated rings. The van der Waals surface area contributed by atoms with Gasteiger partial charge in [0.2, 0.25) is 0 Å². The van der Waals surface area contributed by atoms with E-state index in [1.54, 1.807) is 37.3 Å². The zero-order valence-corrected chi connectivity index (χ0v) is 17.1. The molecule has 0 saturated heterocycles. The van der Waals surface area contributed by atoms with E-state index in [4.69, 9.17) is 14.2 Å². The first-order valence-corrected chi connectivity index (χ1v) is 9.40. The average Bonchev–Trinajstić information content (AvgIpc) is 3.18. The molecule has 0 radical (unpaired) electrons. The van der Waals surface area contributed by atoms with Crippen LogP contribution in [0.1, 0.15) is 34.2 Å². The minimum absolute atomic E-state index is 0.0703. The number of nitrogens with zero attached hydrogens (tertiary/aromatic N) is 2. The Hall–Kier alpha value is -3.75. The third kappa shape index (κ3) is 4.25. The van der Waals surface area contributed by atoms with Gasteiger partial charge >= 0.3 is 11.9 Å². The van der Waals surface area contributed by atoms with Gasteiger partial charge in [-0.15, -0.1) is 0 Å². The van der Waals surface area contributed by atoms with E-state index < -0.39 is 29.3 Å². The number of para-hydroxylation sites is 1. The summed E-state index contributed by atoms with van der Waals surface area (Å²) in [5.41, 5.74) is -0.292. The van der Waals surface area contributed by atoms with Gasteiger partial charge in [-0.2, -0.15) is 5.10 Å². The Kier molecular flexibility index (Phi) is 6.64. The smallest absolute Gasteiger partial charge is 0.357 e. The van der Waals surface area contributed by atoms with E-state index in [-0.39, 0.29) is 29.1 Å². The molecule has 2 aromatic carbocycles. The zero-order valence-electron chi connectivity index (χ0n) is 17.1. The van der Waals surface area contributed by atoms with Crippen LogP contribution < -0.4 is 4.74 Å². The van der Waals surface area contributed by atoms with Crippen LogP contribution in [-0.2, 0) is 9.47 Å². The fraction of sp³-hybridized carbons (Fsp3) is 0.227. The van der Waals surface area contributed by atoms with Crippen molar-refractivity contribution in [2.75, 3.05) is 20.8 Å². The van der Waals surface area contributed by atoms with Crippen LogP contribution in [0.2, 0.25) is 0 Å². The van der Waals surface area contributed by atoms with Gasteiger partial charge in [0, 0.05) is 5.56 Å². The van der Waals surface area contributed by atoms with Crippen molar-refractivity contribution in [3.05, 3.63) is 65.4 Å². The number of carbonyl (C=O) groups excluding carboxylic acids is 2. The van der Waals surface area contributed by atoms with Crippen LogP contribution in [0.15, 0.2) is 42.5 Å². The molecular weight excluding hydrogens is 410 g/mol. The van der Waals surface area contributed by atoms with E-state index in [0.717, 1.165) is 26.4 Å². The van der Waals surface area contributed by atoms with Gasteiger partial charge in [0.15, 0.2) is 23.1 Å². The molecule has 0 atom stereocenters. The first-order chi connectivity index (χ1) is 14.9. The maximum absolute atomic E-state index is 14.6. The van der Waals surface area contributed by atoms with E-state index in [0.29, 0.717) is 12.1 Å². The molecule has 0 amide bonds. The Morgan fingerprint density at radius 1 is 1.00 bits per heavy atom. The molecule has 0 aliphatic carbocycles. The lowest BCUT2D eigenvalue weighted by molar-refractivity contribution is 0.0549. The zero-order chi connectivity index (χ0) is 22.5. The normalized spacial score (nSPS) is 10.6. The molecule has 162 valence electrons. The summed E-state index contributed by atoms with van der Waals surface area (Å²) in [4.78, 5) is 25.1. The number of rotatable bonds is 7. The Balaban J connectivity index is 2.29. The SMILES string of the molecule is CCCOc1c(F)cc(-c2nn(-c3ccccc3)c(C(=O)OC)c2C(=O)OC)cc1F. The highest BCUT2D eigenvalue weighted by molar-refractivity contribution is 6.06. The van der Waals surface area contributed by atoms with Crippen molar-refractivity contribution in [2.24, 2.45) is 0 Å². The Morgan fingerprint density at radius 2 is 1.61 bits per heavy atom. The lowest BCUT2D eigenvalue weighted by Crippen LogP contribution is -2.15. The van der Waals surface area contributed by atoms with E-state index in [1.165, 1.54) is 4.68 Å². The number of methoxy groups -OCH3 is 2. The largest absolute Gasteiger partial charge is 0.488 e. The van der Waals surface area contributed by atoms with E-state index in [2.05, 4.69) is 5.10 Å². The molecule has 0 aliphatic heterocycles. The standard InChI is InChI=1S/C22H20F2N2O5/c1-4-10-31-20-15(23)11-13(12-16(20)24)18-17(21(27)29-2)19(22(28)30-3)26(25-18)14-8-6-5-7-9-14/h5-9,11-12H,4,10H2,1-3H3. The lowest BCUT2D eigenvalue weighted by atomic mass is 10.0.